The van der Waals surface area contributed by atoms with E-state index in [4.69, 9.17) is 0 Å². The molecule has 0 aliphatic rings. The zero-order valence-electron chi connectivity index (χ0n) is 9.92. The van der Waals surface area contributed by atoms with E-state index in [0.717, 1.165) is 17.0 Å². The van der Waals surface area contributed by atoms with Crippen LogP contribution in [0.5, 0.6) is 0 Å². The Morgan fingerprint density at radius 3 is 2.65 bits per heavy atom. The molecule has 0 fully saturated rings. The van der Waals surface area contributed by atoms with Gasteiger partial charge in [0.25, 0.3) is 11.2 Å². The van der Waals surface area contributed by atoms with Gasteiger partial charge < -0.3 is 0 Å². The second-order valence-electron chi connectivity index (χ2n) is 4.07. The van der Waals surface area contributed by atoms with E-state index < -0.39 is 29.6 Å². The molecule has 0 saturated carbocycles. The van der Waals surface area contributed by atoms with Crippen molar-refractivity contribution < 1.29 is 18.1 Å². The van der Waals surface area contributed by atoms with Gasteiger partial charge in [0.05, 0.1) is 28.6 Å². The van der Waals surface area contributed by atoms with Gasteiger partial charge in [0, 0.05) is 18.7 Å². The zero-order valence-corrected chi connectivity index (χ0v) is 9.92. The van der Waals surface area contributed by atoms with Gasteiger partial charge in [-0.25, -0.2) is 4.98 Å². The Bertz CT molecular complexity index is 724. The van der Waals surface area contributed by atoms with Crippen LogP contribution in [-0.2, 0) is 6.54 Å². The zero-order chi connectivity index (χ0) is 14.9. The van der Waals surface area contributed by atoms with Crippen molar-refractivity contribution in [2.45, 2.75) is 19.1 Å². The molecule has 0 amide bonds. The number of hydrogen-bond acceptors (Lipinski definition) is 4. The highest BCUT2D eigenvalue weighted by molar-refractivity contribution is 5.79. The molecule has 20 heavy (non-hydrogen) atoms. The summed E-state index contributed by atoms with van der Waals surface area (Å²) in [6, 6.07) is 3.46. The van der Waals surface area contributed by atoms with E-state index in [9.17, 15) is 28.1 Å². The minimum atomic E-state index is -4.39. The van der Waals surface area contributed by atoms with Gasteiger partial charge >= 0.3 is 6.18 Å². The Labute approximate surface area is 109 Å². The maximum atomic E-state index is 12.1. The van der Waals surface area contributed by atoms with Gasteiger partial charge in [0.2, 0.25) is 0 Å². The topological polar surface area (TPSA) is 78.0 Å². The number of aryl methyl sites for hydroxylation is 1. The number of aromatic nitrogens is 2. The maximum Gasteiger partial charge on any atom is 0.390 e. The largest absolute Gasteiger partial charge is 0.390 e. The van der Waals surface area contributed by atoms with E-state index in [1.165, 1.54) is 12.1 Å². The van der Waals surface area contributed by atoms with Crippen molar-refractivity contribution in [3.8, 4) is 0 Å². The smallest absolute Gasteiger partial charge is 0.298 e. The Morgan fingerprint density at radius 2 is 2.05 bits per heavy atom. The summed E-state index contributed by atoms with van der Waals surface area (Å²) in [6.45, 7) is -0.575. The van der Waals surface area contributed by atoms with Crippen LogP contribution < -0.4 is 5.56 Å². The SMILES string of the molecule is O=c1c2cc([N+](=O)[O-])ccc2ncn1CCC(F)(F)F. The second kappa shape index (κ2) is 4.91. The predicted octanol–water partition coefficient (Wildman–Crippen LogP) is 2.26. The van der Waals surface area contributed by atoms with E-state index >= 15 is 0 Å². The summed E-state index contributed by atoms with van der Waals surface area (Å²) in [7, 11) is 0. The van der Waals surface area contributed by atoms with Gasteiger partial charge in [0.15, 0.2) is 0 Å². The van der Waals surface area contributed by atoms with Crippen molar-refractivity contribution in [1.82, 2.24) is 9.55 Å². The lowest BCUT2D eigenvalue weighted by Gasteiger charge is -2.08. The molecule has 2 aromatic rings. The van der Waals surface area contributed by atoms with Gasteiger partial charge in [0.1, 0.15) is 0 Å². The lowest BCUT2D eigenvalue weighted by Crippen LogP contribution is -2.23. The Morgan fingerprint density at radius 1 is 1.35 bits per heavy atom. The molecule has 0 radical (unpaired) electrons. The van der Waals surface area contributed by atoms with E-state index in [0.29, 0.717) is 0 Å². The average Bonchev–Trinajstić information content (AvgIpc) is 2.36. The Hall–Kier alpha value is -2.45. The fraction of sp³-hybridized carbons (Fsp3) is 0.273. The van der Waals surface area contributed by atoms with Crippen LogP contribution in [0.1, 0.15) is 6.42 Å². The third-order valence-corrected chi connectivity index (χ3v) is 2.65. The molecule has 1 aromatic carbocycles. The molecule has 106 valence electrons. The Kier molecular flexibility index (Phi) is 3.43. The lowest BCUT2D eigenvalue weighted by molar-refractivity contribution is -0.384. The number of non-ortho nitro benzene ring substituents is 1. The van der Waals surface area contributed by atoms with Crippen molar-refractivity contribution in [3.63, 3.8) is 0 Å². The summed E-state index contributed by atoms with van der Waals surface area (Å²) in [5, 5.41) is 10.5. The molecule has 2 rings (SSSR count). The van der Waals surface area contributed by atoms with Crippen LogP contribution in [0, 0.1) is 10.1 Å². The molecule has 0 saturated heterocycles. The van der Waals surface area contributed by atoms with Gasteiger partial charge in [-0.2, -0.15) is 13.2 Å². The normalized spacial score (nSPS) is 11.8. The maximum absolute atomic E-state index is 12.1. The molecule has 0 N–H and O–H groups in total. The summed E-state index contributed by atoms with van der Waals surface area (Å²) >= 11 is 0. The van der Waals surface area contributed by atoms with Gasteiger partial charge in [-0.15, -0.1) is 0 Å². The number of rotatable bonds is 3. The number of halogens is 3. The van der Waals surface area contributed by atoms with Crippen molar-refractivity contribution in [3.05, 3.63) is 45.0 Å². The molecule has 9 heteroatoms. The van der Waals surface area contributed by atoms with Crippen LogP contribution in [0.2, 0.25) is 0 Å². The van der Waals surface area contributed by atoms with Gasteiger partial charge in [-0.3, -0.25) is 19.5 Å². The first-order valence-electron chi connectivity index (χ1n) is 5.48. The first-order valence-corrected chi connectivity index (χ1v) is 5.48. The monoisotopic (exact) mass is 287 g/mol. The molecule has 1 heterocycles. The van der Waals surface area contributed by atoms with E-state index in [1.807, 2.05) is 0 Å². The van der Waals surface area contributed by atoms with Crippen molar-refractivity contribution >= 4 is 16.6 Å². The molecule has 0 bridgehead atoms. The number of nitro groups is 1. The standard InChI is InChI=1S/C11H8F3N3O3/c12-11(13,14)3-4-16-6-15-9-2-1-7(17(19)20)5-8(9)10(16)18/h1-2,5-6H,3-4H2. The highest BCUT2D eigenvalue weighted by Crippen LogP contribution is 2.20. The molecule has 0 spiro atoms. The molecule has 0 aliphatic heterocycles. The number of fused-ring (bicyclic) bond motifs is 1. The summed E-state index contributed by atoms with van der Waals surface area (Å²) < 4.78 is 37.2. The quantitative estimate of drug-likeness (QED) is 0.640. The highest BCUT2D eigenvalue weighted by atomic mass is 19.4. The van der Waals surface area contributed by atoms with Crippen LogP contribution in [0.25, 0.3) is 10.9 Å². The molecule has 0 atom stereocenters. The summed E-state index contributed by atoms with van der Waals surface area (Å²) in [5.41, 5.74) is -0.850. The van der Waals surface area contributed by atoms with Crippen molar-refractivity contribution in [2.24, 2.45) is 0 Å². The molecule has 0 unspecified atom stereocenters. The summed E-state index contributed by atoms with van der Waals surface area (Å²) in [4.78, 5) is 25.7. The molecule has 0 aliphatic carbocycles. The Balaban J connectivity index is 2.46. The number of nitro benzene ring substituents is 1. The van der Waals surface area contributed by atoms with E-state index in [2.05, 4.69) is 4.98 Å². The number of hydrogen-bond donors (Lipinski definition) is 0. The lowest BCUT2D eigenvalue weighted by atomic mass is 10.2. The van der Waals surface area contributed by atoms with Gasteiger partial charge in [-0.1, -0.05) is 0 Å². The van der Waals surface area contributed by atoms with E-state index in [-0.39, 0.29) is 16.6 Å². The van der Waals surface area contributed by atoms with Crippen LogP contribution in [0.15, 0.2) is 29.3 Å². The highest BCUT2D eigenvalue weighted by Gasteiger charge is 2.27. The minimum absolute atomic E-state index is 0.0797. The second-order valence-corrected chi connectivity index (χ2v) is 4.07. The van der Waals surface area contributed by atoms with Crippen molar-refractivity contribution in [1.29, 1.82) is 0 Å². The fourth-order valence-electron chi connectivity index (χ4n) is 1.67. The first kappa shape index (κ1) is 14.0. The third-order valence-electron chi connectivity index (χ3n) is 2.65. The summed E-state index contributed by atoms with van der Waals surface area (Å²) in [6.07, 6.45) is -4.56. The molecule has 6 nitrogen and oxygen atoms in total. The van der Waals surface area contributed by atoms with Gasteiger partial charge in [-0.05, 0) is 6.07 Å². The van der Waals surface area contributed by atoms with Crippen LogP contribution in [0.3, 0.4) is 0 Å². The number of nitrogens with zero attached hydrogens (tertiary/aromatic N) is 3. The molecular formula is C11H8F3N3O3. The average molecular weight is 287 g/mol. The fourth-order valence-corrected chi connectivity index (χ4v) is 1.67. The van der Waals surface area contributed by atoms with Crippen LogP contribution in [0.4, 0.5) is 18.9 Å². The number of benzene rings is 1. The minimum Gasteiger partial charge on any atom is -0.298 e. The third kappa shape index (κ3) is 2.92. The molecule has 1 aromatic heterocycles. The van der Waals surface area contributed by atoms with Crippen LogP contribution >= 0.6 is 0 Å². The van der Waals surface area contributed by atoms with Crippen molar-refractivity contribution in [2.75, 3.05) is 0 Å². The van der Waals surface area contributed by atoms with E-state index in [1.54, 1.807) is 0 Å². The first-order chi connectivity index (χ1) is 9.28. The molecular weight excluding hydrogens is 279 g/mol. The summed E-state index contributed by atoms with van der Waals surface area (Å²) in [5.74, 6) is 0. The van der Waals surface area contributed by atoms with Crippen LogP contribution in [-0.4, -0.2) is 20.7 Å². The number of alkyl halides is 3. The predicted molar refractivity (Wildman–Crippen MR) is 63.3 cm³/mol.